The fraction of sp³-hybridized carbons (Fsp3) is 0.0870. The minimum Gasteiger partial charge on any atom is -0.489 e. The zero-order valence-corrected chi connectivity index (χ0v) is 15.5. The van der Waals surface area contributed by atoms with Crippen LogP contribution in [0, 0.1) is 18.8 Å². The topological polar surface area (TPSA) is 46.5 Å². The zero-order chi connectivity index (χ0) is 19.2. The van der Waals surface area contributed by atoms with E-state index >= 15 is 0 Å². The van der Waals surface area contributed by atoms with Crippen LogP contribution in [0.5, 0.6) is 5.75 Å². The molecular weight excluding hydrogens is 360 g/mol. The molecule has 1 N–H and O–H groups in total. The van der Waals surface area contributed by atoms with Crippen LogP contribution in [0.15, 0.2) is 66.7 Å². The van der Waals surface area contributed by atoms with E-state index in [1.54, 1.807) is 24.3 Å². The van der Waals surface area contributed by atoms with Crippen LogP contribution >= 0.6 is 11.6 Å². The normalized spacial score (nSPS) is 10.0. The summed E-state index contributed by atoms with van der Waals surface area (Å²) in [7, 11) is 0. The first kappa shape index (κ1) is 18.6. The van der Waals surface area contributed by atoms with Gasteiger partial charge in [0.1, 0.15) is 12.4 Å². The van der Waals surface area contributed by atoms with Crippen LogP contribution in [0.1, 0.15) is 16.7 Å². The highest BCUT2D eigenvalue weighted by atomic mass is 35.5. The Morgan fingerprint density at radius 3 is 2.56 bits per heavy atom. The number of carboxylic acids is 1. The molecule has 3 aromatic rings. The minimum absolute atomic E-state index is 0.414. The second-order valence-electron chi connectivity index (χ2n) is 6.05. The number of aryl methyl sites for hydroxylation is 1. The number of carbonyl (C=O) groups is 1. The van der Waals surface area contributed by atoms with Gasteiger partial charge in [-0.1, -0.05) is 47.9 Å². The van der Waals surface area contributed by atoms with E-state index in [9.17, 15) is 4.79 Å². The lowest BCUT2D eigenvalue weighted by atomic mass is 10.0. The van der Waals surface area contributed by atoms with Crippen molar-refractivity contribution in [3.63, 3.8) is 0 Å². The standard InChI is InChI=1S/C23H17ClO3/c1-16-5-11-21(22(24)13-16)19-4-2-3-18(14-19)15-27-20-9-6-17(7-10-20)8-12-23(25)26/h2-7,9-11,13-14H,15H2,1H3,(H,25,26). The first-order chi connectivity index (χ1) is 13.0. The molecule has 0 saturated heterocycles. The molecule has 3 rings (SSSR count). The monoisotopic (exact) mass is 376 g/mol. The number of carboxylic acid groups (broad SMARTS) is 1. The Balaban J connectivity index is 1.70. The van der Waals surface area contributed by atoms with Crippen LogP contribution in [-0.2, 0) is 11.4 Å². The predicted molar refractivity (Wildman–Crippen MR) is 107 cm³/mol. The van der Waals surface area contributed by atoms with Crippen molar-refractivity contribution in [3.8, 4) is 28.7 Å². The molecule has 134 valence electrons. The number of benzene rings is 3. The van der Waals surface area contributed by atoms with Crippen molar-refractivity contribution in [2.75, 3.05) is 0 Å². The maximum Gasteiger partial charge on any atom is 0.382 e. The lowest BCUT2D eigenvalue weighted by Gasteiger charge is -2.10. The Bertz CT molecular complexity index is 1030. The van der Waals surface area contributed by atoms with Crippen molar-refractivity contribution in [2.24, 2.45) is 0 Å². The molecule has 0 heterocycles. The summed E-state index contributed by atoms with van der Waals surface area (Å²) in [5.74, 6) is 4.19. The summed E-state index contributed by atoms with van der Waals surface area (Å²) in [6, 6.07) is 21.1. The number of hydrogen-bond donors (Lipinski definition) is 1. The summed E-state index contributed by atoms with van der Waals surface area (Å²) in [5, 5.41) is 9.30. The summed E-state index contributed by atoms with van der Waals surface area (Å²) in [4.78, 5) is 10.5. The van der Waals surface area contributed by atoms with Crippen molar-refractivity contribution in [2.45, 2.75) is 13.5 Å². The molecule has 0 aliphatic carbocycles. The Hall–Kier alpha value is -3.22. The fourth-order valence-electron chi connectivity index (χ4n) is 2.61. The minimum atomic E-state index is -1.15. The van der Waals surface area contributed by atoms with Crippen molar-refractivity contribution in [3.05, 3.63) is 88.4 Å². The molecule has 0 atom stereocenters. The fourth-order valence-corrected chi connectivity index (χ4v) is 2.95. The summed E-state index contributed by atoms with van der Waals surface area (Å²) in [5.41, 5.74) is 4.81. The van der Waals surface area contributed by atoms with Gasteiger partial charge in [0.2, 0.25) is 0 Å². The molecule has 4 heteroatoms. The van der Waals surface area contributed by atoms with Crippen molar-refractivity contribution in [1.82, 2.24) is 0 Å². The molecule has 0 aliphatic rings. The van der Waals surface area contributed by atoms with Gasteiger partial charge in [-0.25, -0.2) is 4.79 Å². The molecule has 0 unspecified atom stereocenters. The summed E-state index contributed by atoms with van der Waals surface area (Å²) < 4.78 is 5.82. The lowest BCUT2D eigenvalue weighted by Crippen LogP contribution is -1.96. The second kappa shape index (κ2) is 8.44. The van der Waals surface area contributed by atoms with E-state index in [0.29, 0.717) is 17.9 Å². The quantitative estimate of drug-likeness (QED) is 0.626. The number of hydrogen-bond acceptors (Lipinski definition) is 2. The predicted octanol–water partition coefficient (Wildman–Crippen LogP) is 5.33. The molecule has 0 bridgehead atoms. The maximum absolute atomic E-state index is 10.5. The maximum atomic E-state index is 10.5. The van der Waals surface area contributed by atoms with Gasteiger partial charge in [0.05, 0.1) is 0 Å². The third kappa shape index (κ3) is 5.13. The lowest BCUT2D eigenvalue weighted by molar-refractivity contribution is -0.130. The molecule has 0 aliphatic heterocycles. The van der Waals surface area contributed by atoms with Crippen LogP contribution in [0.4, 0.5) is 0 Å². The molecule has 27 heavy (non-hydrogen) atoms. The van der Waals surface area contributed by atoms with Crippen LogP contribution in [-0.4, -0.2) is 11.1 Å². The molecule has 0 spiro atoms. The third-order valence-electron chi connectivity index (χ3n) is 3.94. The van der Waals surface area contributed by atoms with Crippen molar-refractivity contribution < 1.29 is 14.6 Å². The van der Waals surface area contributed by atoms with Gasteiger partial charge < -0.3 is 9.84 Å². The highest BCUT2D eigenvalue weighted by Crippen LogP contribution is 2.29. The van der Waals surface area contributed by atoms with E-state index < -0.39 is 5.97 Å². The number of rotatable bonds is 4. The summed E-state index contributed by atoms with van der Waals surface area (Å²) in [6.07, 6.45) is 0. The van der Waals surface area contributed by atoms with Gasteiger partial charge in [-0.05, 0) is 60.0 Å². The smallest absolute Gasteiger partial charge is 0.382 e. The van der Waals surface area contributed by atoms with Gasteiger partial charge in [0, 0.05) is 22.1 Å². The largest absolute Gasteiger partial charge is 0.489 e. The number of ether oxygens (including phenoxy) is 1. The number of aliphatic carboxylic acids is 1. The zero-order valence-electron chi connectivity index (χ0n) is 14.7. The average molecular weight is 377 g/mol. The van der Waals surface area contributed by atoms with E-state index in [1.807, 2.05) is 43.3 Å². The highest BCUT2D eigenvalue weighted by Gasteiger charge is 2.05. The van der Waals surface area contributed by atoms with Gasteiger partial charge in [-0.2, -0.15) is 0 Å². The van der Waals surface area contributed by atoms with Gasteiger partial charge in [0.25, 0.3) is 0 Å². The Kier molecular flexibility index (Phi) is 5.80. The van der Waals surface area contributed by atoms with Gasteiger partial charge >= 0.3 is 5.97 Å². The third-order valence-corrected chi connectivity index (χ3v) is 4.25. The second-order valence-corrected chi connectivity index (χ2v) is 6.46. The molecule has 0 amide bonds. The van der Waals surface area contributed by atoms with Crippen LogP contribution in [0.25, 0.3) is 11.1 Å². The van der Waals surface area contributed by atoms with E-state index in [-0.39, 0.29) is 0 Å². The molecule has 0 fully saturated rings. The first-order valence-corrected chi connectivity index (χ1v) is 8.72. The van der Waals surface area contributed by atoms with Crippen LogP contribution < -0.4 is 4.74 Å². The Morgan fingerprint density at radius 2 is 1.85 bits per heavy atom. The SMILES string of the molecule is Cc1ccc(-c2cccc(COc3ccc(C#CC(=O)O)cc3)c2)c(Cl)c1. The molecule has 3 aromatic carbocycles. The van der Waals surface area contributed by atoms with Gasteiger partial charge in [-0.15, -0.1) is 0 Å². The van der Waals surface area contributed by atoms with Crippen molar-refractivity contribution in [1.29, 1.82) is 0 Å². The number of halogens is 1. The summed E-state index contributed by atoms with van der Waals surface area (Å²) in [6.45, 7) is 2.43. The molecule has 0 aromatic heterocycles. The van der Waals surface area contributed by atoms with Gasteiger partial charge in [-0.3, -0.25) is 0 Å². The van der Waals surface area contributed by atoms with E-state index in [4.69, 9.17) is 21.4 Å². The van der Waals surface area contributed by atoms with Crippen LogP contribution in [0.3, 0.4) is 0 Å². The van der Waals surface area contributed by atoms with Crippen molar-refractivity contribution >= 4 is 17.6 Å². The highest BCUT2D eigenvalue weighted by molar-refractivity contribution is 6.33. The van der Waals surface area contributed by atoms with Gasteiger partial charge in [0.15, 0.2) is 0 Å². The molecule has 0 saturated carbocycles. The molecule has 3 nitrogen and oxygen atoms in total. The molecular formula is C23H17ClO3. The van der Waals surface area contributed by atoms with E-state index in [1.165, 1.54) is 0 Å². The average Bonchev–Trinajstić information content (AvgIpc) is 2.66. The first-order valence-electron chi connectivity index (χ1n) is 8.34. The summed E-state index contributed by atoms with van der Waals surface area (Å²) >= 11 is 6.37. The van der Waals surface area contributed by atoms with E-state index in [2.05, 4.69) is 17.9 Å². The Morgan fingerprint density at radius 1 is 1.07 bits per heavy atom. The molecule has 0 radical (unpaired) electrons. The Labute approximate surface area is 163 Å². The van der Waals surface area contributed by atoms with E-state index in [0.717, 1.165) is 27.3 Å². The van der Waals surface area contributed by atoms with Crippen LogP contribution in [0.2, 0.25) is 5.02 Å².